The van der Waals surface area contributed by atoms with Crippen LogP contribution >= 0.6 is 0 Å². The molecule has 0 heterocycles. The van der Waals surface area contributed by atoms with E-state index in [1.807, 2.05) is 20.8 Å². The molecule has 0 spiro atoms. The van der Waals surface area contributed by atoms with Crippen molar-refractivity contribution in [3.05, 3.63) is 28.3 Å². The molecular weight excluding hydrogens is 164 g/mol. The molecule has 0 saturated heterocycles. The zero-order valence-electron chi connectivity index (χ0n) is 8.43. The molecular formula is C11H14O2. The molecule has 1 aromatic rings. The van der Waals surface area contributed by atoms with E-state index in [2.05, 4.69) is 0 Å². The number of benzene rings is 1. The largest absolute Gasteiger partial charge is 0.508 e. The van der Waals surface area contributed by atoms with E-state index in [1.54, 1.807) is 13.0 Å². The van der Waals surface area contributed by atoms with Gasteiger partial charge in [-0.05, 0) is 50.5 Å². The minimum atomic E-state index is 0.0538. The first-order valence-corrected chi connectivity index (χ1v) is 4.26. The Balaban J connectivity index is 3.53. The van der Waals surface area contributed by atoms with Crippen LogP contribution in [-0.4, -0.2) is 10.9 Å². The van der Waals surface area contributed by atoms with Crippen LogP contribution in [0, 0.1) is 20.8 Å². The number of rotatable bonds is 1. The molecule has 0 atom stereocenters. The van der Waals surface area contributed by atoms with Gasteiger partial charge in [-0.2, -0.15) is 0 Å². The number of aromatic hydroxyl groups is 1. The normalized spacial score (nSPS) is 10.2. The van der Waals surface area contributed by atoms with Gasteiger partial charge in [-0.25, -0.2) is 0 Å². The Morgan fingerprint density at radius 2 is 1.77 bits per heavy atom. The molecule has 0 fully saturated rings. The number of phenolic OH excluding ortho intramolecular Hbond substituents is 1. The third kappa shape index (κ3) is 1.57. The average molecular weight is 178 g/mol. The molecule has 0 unspecified atom stereocenters. The second kappa shape index (κ2) is 3.21. The predicted octanol–water partition coefficient (Wildman–Crippen LogP) is 2.52. The van der Waals surface area contributed by atoms with Crippen LogP contribution in [0.5, 0.6) is 5.75 Å². The van der Waals surface area contributed by atoms with Crippen molar-refractivity contribution in [3.63, 3.8) is 0 Å². The van der Waals surface area contributed by atoms with Gasteiger partial charge in [0.2, 0.25) is 0 Å². The summed E-state index contributed by atoms with van der Waals surface area (Å²) in [4.78, 5) is 11.3. The second-order valence-electron chi connectivity index (χ2n) is 3.39. The SMILES string of the molecule is CC(=O)c1c(C)cc(O)c(C)c1C. The molecule has 0 saturated carbocycles. The zero-order valence-corrected chi connectivity index (χ0v) is 8.43. The van der Waals surface area contributed by atoms with Gasteiger partial charge in [0.25, 0.3) is 0 Å². The first-order chi connectivity index (χ1) is 5.95. The number of hydrogen-bond acceptors (Lipinski definition) is 2. The Kier molecular flexibility index (Phi) is 2.41. The van der Waals surface area contributed by atoms with Crippen molar-refractivity contribution in [2.45, 2.75) is 27.7 Å². The van der Waals surface area contributed by atoms with Gasteiger partial charge in [0.05, 0.1) is 0 Å². The fourth-order valence-corrected chi connectivity index (χ4v) is 1.60. The highest BCUT2D eigenvalue weighted by molar-refractivity contribution is 5.97. The van der Waals surface area contributed by atoms with Crippen molar-refractivity contribution >= 4 is 5.78 Å². The van der Waals surface area contributed by atoms with Gasteiger partial charge >= 0.3 is 0 Å². The summed E-state index contributed by atoms with van der Waals surface area (Å²) in [5.41, 5.74) is 3.24. The first kappa shape index (κ1) is 9.78. The molecule has 0 aliphatic rings. The lowest BCUT2D eigenvalue weighted by Crippen LogP contribution is -2.01. The van der Waals surface area contributed by atoms with E-state index in [1.165, 1.54) is 0 Å². The molecule has 1 rings (SSSR count). The predicted molar refractivity (Wildman–Crippen MR) is 52.3 cm³/mol. The number of carbonyl (C=O) groups is 1. The lowest BCUT2D eigenvalue weighted by molar-refractivity contribution is 0.101. The van der Waals surface area contributed by atoms with Crippen LogP contribution in [0.15, 0.2) is 6.07 Å². The lowest BCUT2D eigenvalue weighted by Gasteiger charge is -2.10. The molecule has 70 valence electrons. The van der Waals surface area contributed by atoms with Crippen molar-refractivity contribution < 1.29 is 9.90 Å². The maximum atomic E-state index is 11.3. The fourth-order valence-electron chi connectivity index (χ4n) is 1.60. The van der Waals surface area contributed by atoms with Crippen LogP contribution in [0.2, 0.25) is 0 Å². The highest BCUT2D eigenvalue weighted by Gasteiger charge is 2.12. The summed E-state index contributed by atoms with van der Waals surface area (Å²) < 4.78 is 0. The molecule has 0 aliphatic heterocycles. The number of phenols is 1. The minimum absolute atomic E-state index is 0.0538. The number of carbonyl (C=O) groups excluding carboxylic acids is 1. The molecule has 1 N–H and O–H groups in total. The summed E-state index contributed by atoms with van der Waals surface area (Å²) in [6.45, 7) is 7.06. The third-order valence-electron chi connectivity index (χ3n) is 2.42. The van der Waals surface area contributed by atoms with Crippen molar-refractivity contribution in [1.82, 2.24) is 0 Å². The molecule has 2 heteroatoms. The van der Waals surface area contributed by atoms with Crippen LogP contribution in [0.4, 0.5) is 0 Å². The first-order valence-electron chi connectivity index (χ1n) is 4.26. The van der Waals surface area contributed by atoms with Crippen LogP contribution in [-0.2, 0) is 0 Å². The van der Waals surface area contributed by atoms with E-state index in [0.717, 1.165) is 22.3 Å². The Morgan fingerprint density at radius 3 is 2.23 bits per heavy atom. The molecule has 2 nitrogen and oxygen atoms in total. The van der Waals surface area contributed by atoms with E-state index in [9.17, 15) is 9.90 Å². The fraction of sp³-hybridized carbons (Fsp3) is 0.364. The van der Waals surface area contributed by atoms with E-state index in [0.29, 0.717) is 0 Å². The Bertz CT molecular complexity index is 365. The molecule has 13 heavy (non-hydrogen) atoms. The van der Waals surface area contributed by atoms with Crippen molar-refractivity contribution in [3.8, 4) is 5.75 Å². The zero-order chi connectivity index (χ0) is 10.2. The summed E-state index contributed by atoms with van der Waals surface area (Å²) in [7, 11) is 0. The second-order valence-corrected chi connectivity index (χ2v) is 3.39. The Hall–Kier alpha value is -1.31. The lowest BCUT2D eigenvalue weighted by atomic mass is 9.95. The molecule has 0 bridgehead atoms. The molecule has 0 aliphatic carbocycles. The van der Waals surface area contributed by atoms with Crippen LogP contribution in [0.1, 0.15) is 34.0 Å². The Morgan fingerprint density at radius 1 is 1.23 bits per heavy atom. The van der Waals surface area contributed by atoms with Crippen LogP contribution in [0.3, 0.4) is 0 Å². The summed E-state index contributed by atoms with van der Waals surface area (Å²) in [5, 5.41) is 9.48. The summed E-state index contributed by atoms with van der Waals surface area (Å²) in [6, 6.07) is 1.64. The summed E-state index contributed by atoms with van der Waals surface area (Å²) in [5.74, 6) is 0.318. The number of aryl methyl sites for hydroxylation is 1. The monoisotopic (exact) mass is 178 g/mol. The van der Waals surface area contributed by atoms with Gasteiger partial charge in [-0.3, -0.25) is 4.79 Å². The smallest absolute Gasteiger partial charge is 0.160 e. The molecule has 0 radical (unpaired) electrons. The topological polar surface area (TPSA) is 37.3 Å². The minimum Gasteiger partial charge on any atom is -0.508 e. The van der Waals surface area contributed by atoms with Gasteiger partial charge < -0.3 is 5.11 Å². The van der Waals surface area contributed by atoms with E-state index >= 15 is 0 Å². The summed E-state index contributed by atoms with van der Waals surface area (Å²) in [6.07, 6.45) is 0. The van der Waals surface area contributed by atoms with Gasteiger partial charge in [0.15, 0.2) is 5.78 Å². The summed E-state index contributed by atoms with van der Waals surface area (Å²) >= 11 is 0. The Labute approximate surface area is 78.2 Å². The molecule has 1 aromatic carbocycles. The average Bonchev–Trinajstić information content (AvgIpc) is 1.99. The van der Waals surface area contributed by atoms with Gasteiger partial charge in [0.1, 0.15) is 5.75 Å². The standard InChI is InChI=1S/C11H14O2/c1-6-5-10(13)7(2)8(3)11(6)9(4)12/h5,13H,1-4H3. The van der Waals surface area contributed by atoms with Crippen LogP contribution < -0.4 is 0 Å². The number of Topliss-reactive ketones (excluding diaryl/α,β-unsaturated/α-hetero) is 1. The van der Waals surface area contributed by atoms with Gasteiger partial charge in [0, 0.05) is 5.56 Å². The number of hydrogen-bond donors (Lipinski definition) is 1. The van der Waals surface area contributed by atoms with E-state index in [4.69, 9.17) is 0 Å². The van der Waals surface area contributed by atoms with Crippen LogP contribution in [0.25, 0.3) is 0 Å². The van der Waals surface area contributed by atoms with Crippen molar-refractivity contribution in [2.24, 2.45) is 0 Å². The third-order valence-corrected chi connectivity index (χ3v) is 2.42. The van der Waals surface area contributed by atoms with E-state index in [-0.39, 0.29) is 11.5 Å². The van der Waals surface area contributed by atoms with Crippen molar-refractivity contribution in [1.29, 1.82) is 0 Å². The highest BCUT2D eigenvalue weighted by atomic mass is 16.3. The highest BCUT2D eigenvalue weighted by Crippen LogP contribution is 2.26. The molecule has 0 amide bonds. The quantitative estimate of drug-likeness (QED) is 0.671. The number of ketones is 1. The molecule has 0 aromatic heterocycles. The van der Waals surface area contributed by atoms with E-state index < -0.39 is 0 Å². The van der Waals surface area contributed by atoms with Gasteiger partial charge in [-0.15, -0.1) is 0 Å². The van der Waals surface area contributed by atoms with Crippen molar-refractivity contribution in [2.75, 3.05) is 0 Å². The van der Waals surface area contributed by atoms with Gasteiger partial charge in [-0.1, -0.05) is 0 Å². The maximum absolute atomic E-state index is 11.3. The maximum Gasteiger partial charge on any atom is 0.160 e.